The first-order valence-electron chi connectivity index (χ1n) is 7.66. The fourth-order valence-corrected chi connectivity index (χ4v) is 4.02. The van der Waals surface area contributed by atoms with Gasteiger partial charge in [0.05, 0.1) is 12.1 Å². The molecule has 0 fully saturated rings. The molecule has 1 amide bonds. The van der Waals surface area contributed by atoms with E-state index in [-0.39, 0.29) is 10.6 Å². The lowest BCUT2D eigenvalue weighted by Gasteiger charge is -2.16. The summed E-state index contributed by atoms with van der Waals surface area (Å²) in [5.41, 5.74) is 0.608. The number of aromatic amines is 1. The number of nitrogens with one attached hydrogen (secondary N) is 2. The molecule has 136 valence electrons. The van der Waals surface area contributed by atoms with Gasteiger partial charge in [-0.3, -0.25) is 4.79 Å². The summed E-state index contributed by atoms with van der Waals surface area (Å²) in [5.74, 6) is 0.0226. The van der Waals surface area contributed by atoms with Crippen molar-refractivity contribution in [2.45, 2.75) is 18.7 Å². The lowest BCUT2D eigenvalue weighted by molar-refractivity contribution is 0.102. The molecule has 0 saturated heterocycles. The SMILES string of the molecule is CCN(CC)S(=O)(=O)c1c[nH]c(C(=O)Nc2ccc(OC)c(Cl)c2)c1. The molecule has 2 aromatic rings. The number of methoxy groups -OCH3 is 1. The van der Waals surface area contributed by atoms with Gasteiger partial charge in [-0.1, -0.05) is 25.4 Å². The number of H-pyrrole nitrogens is 1. The van der Waals surface area contributed by atoms with Crippen molar-refractivity contribution in [2.75, 3.05) is 25.5 Å². The van der Waals surface area contributed by atoms with E-state index in [4.69, 9.17) is 16.3 Å². The van der Waals surface area contributed by atoms with Crippen molar-refractivity contribution in [2.24, 2.45) is 0 Å². The van der Waals surface area contributed by atoms with Gasteiger partial charge >= 0.3 is 0 Å². The third kappa shape index (κ3) is 4.15. The van der Waals surface area contributed by atoms with Gasteiger partial charge in [-0.05, 0) is 24.3 Å². The average molecular weight is 386 g/mol. The molecule has 7 nitrogen and oxygen atoms in total. The van der Waals surface area contributed by atoms with Crippen molar-refractivity contribution >= 4 is 33.2 Å². The number of sulfonamides is 1. The number of rotatable bonds is 7. The lowest BCUT2D eigenvalue weighted by Crippen LogP contribution is -2.30. The van der Waals surface area contributed by atoms with Gasteiger partial charge in [0.2, 0.25) is 10.0 Å². The van der Waals surface area contributed by atoms with Crippen LogP contribution in [0.1, 0.15) is 24.3 Å². The number of benzene rings is 1. The largest absolute Gasteiger partial charge is 0.495 e. The standard InChI is InChI=1S/C16H20ClN3O4S/c1-4-20(5-2)25(22,23)12-9-14(18-10-12)16(21)19-11-6-7-15(24-3)13(17)8-11/h6-10,18H,4-5H2,1-3H3,(H,19,21). The molecule has 0 saturated carbocycles. The van der Waals surface area contributed by atoms with E-state index in [1.165, 1.54) is 23.7 Å². The second-order valence-electron chi connectivity index (χ2n) is 5.14. The Morgan fingerprint density at radius 3 is 2.52 bits per heavy atom. The summed E-state index contributed by atoms with van der Waals surface area (Å²) in [5, 5.41) is 3.01. The maximum absolute atomic E-state index is 12.4. The van der Waals surface area contributed by atoms with Gasteiger partial charge in [0.1, 0.15) is 16.3 Å². The van der Waals surface area contributed by atoms with Gasteiger partial charge in [0.15, 0.2) is 0 Å². The van der Waals surface area contributed by atoms with E-state index in [1.54, 1.807) is 32.0 Å². The zero-order valence-electron chi connectivity index (χ0n) is 14.2. The third-order valence-electron chi connectivity index (χ3n) is 3.65. The predicted molar refractivity (Wildman–Crippen MR) is 96.9 cm³/mol. The minimum Gasteiger partial charge on any atom is -0.495 e. The number of amides is 1. The predicted octanol–water partition coefficient (Wildman–Crippen LogP) is 2.96. The van der Waals surface area contributed by atoms with E-state index in [0.29, 0.717) is 29.5 Å². The van der Waals surface area contributed by atoms with Crippen LogP contribution in [0.25, 0.3) is 0 Å². The van der Waals surface area contributed by atoms with Gasteiger partial charge in [0, 0.05) is 25.0 Å². The minimum atomic E-state index is -3.62. The maximum Gasteiger partial charge on any atom is 0.272 e. The summed E-state index contributed by atoms with van der Waals surface area (Å²) >= 11 is 6.02. The molecule has 0 radical (unpaired) electrons. The van der Waals surface area contributed by atoms with E-state index in [2.05, 4.69) is 10.3 Å². The Kier molecular flexibility index (Phi) is 6.10. The first-order valence-corrected chi connectivity index (χ1v) is 9.48. The van der Waals surface area contributed by atoms with E-state index in [1.807, 2.05) is 0 Å². The smallest absolute Gasteiger partial charge is 0.272 e. The van der Waals surface area contributed by atoms with Crippen molar-refractivity contribution in [3.05, 3.63) is 41.2 Å². The van der Waals surface area contributed by atoms with Crippen LogP contribution < -0.4 is 10.1 Å². The molecular formula is C16H20ClN3O4S. The minimum absolute atomic E-state index is 0.0501. The van der Waals surface area contributed by atoms with Crippen LogP contribution in [0.3, 0.4) is 0 Å². The van der Waals surface area contributed by atoms with E-state index in [9.17, 15) is 13.2 Å². The highest BCUT2D eigenvalue weighted by molar-refractivity contribution is 7.89. The van der Waals surface area contributed by atoms with Crippen LogP contribution in [-0.4, -0.2) is 43.8 Å². The molecule has 2 N–H and O–H groups in total. The average Bonchev–Trinajstić information content (AvgIpc) is 3.07. The quantitative estimate of drug-likeness (QED) is 0.766. The Bertz CT molecular complexity index is 860. The number of ether oxygens (including phenoxy) is 1. The molecule has 0 aliphatic carbocycles. The fourth-order valence-electron chi connectivity index (χ4n) is 2.31. The Morgan fingerprint density at radius 2 is 1.96 bits per heavy atom. The molecule has 0 spiro atoms. The molecule has 0 aliphatic heterocycles. The first kappa shape index (κ1) is 19.3. The number of carbonyl (C=O) groups is 1. The molecule has 0 atom stereocenters. The monoisotopic (exact) mass is 385 g/mol. The van der Waals surface area contributed by atoms with Gasteiger partial charge in [-0.15, -0.1) is 0 Å². The maximum atomic E-state index is 12.4. The highest BCUT2D eigenvalue weighted by Gasteiger charge is 2.24. The number of anilines is 1. The van der Waals surface area contributed by atoms with E-state index in [0.717, 1.165) is 0 Å². The van der Waals surface area contributed by atoms with Gasteiger partial charge in [-0.25, -0.2) is 8.42 Å². The zero-order valence-corrected chi connectivity index (χ0v) is 15.7. The molecule has 25 heavy (non-hydrogen) atoms. The summed E-state index contributed by atoms with van der Waals surface area (Å²) in [6.45, 7) is 4.23. The molecule has 2 rings (SSSR count). The normalized spacial score (nSPS) is 11.6. The molecule has 0 unspecified atom stereocenters. The van der Waals surface area contributed by atoms with Gasteiger partial charge in [0.25, 0.3) is 5.91 Å². The van der Waals surface area contributed by atoms with E-state index < -0.39 is 15.9 Å². The Hall–Kier alpha value is -2.03. The van der Waals surface area contributed by atoms with Crippen molar-refractivity contribution in [1.82, 2.24) is 9.29 Å². The number of hydrogen-bond donors (Lipinski definition) is 2. The summed E-state index contributed by atoms with van der Waals surface area (Å²) in [4.78, 5) is 15.1. The summed E-state index contributed by atoms with van der Waals surface area (Å²) < 4.78 is 31.3. The number of carbonyl (C=O) groups excluding carboxylic acids is 1. The molecular weight excluding hydrogens is 366 g/mol. The highest BCUT2D eigenvalue weighted by Crippen LogP contribution is 2.27. The second-order valence-corrected chi connectivity index (χ2v) is 7.49. The molecule has 0 bridgehead atoms. The molecule has 1 heterocycles. The van der Waals surface area contributed by atoms with Crippen molar-refractivity contribution in [1.29, 1.82) is 0 Å². The van der Waals surface area contributed by atoms with E-state index >= 15 is 0 Å². The van der Waals surface area contributed by atoms with Crippen LogP contribution in [-0.2, 0) is 10.0 Å². The van der Waals surface area contributed by atoms with Crippen molar-refractivity contribution in [3.63, 3.8) is 0 Å². The van der Waals surface area contributed by atoms with Crippen LogP contribution in [0.4, 0.5) is 5.69 Å². The Labute approximate surface area is 152 Å². The lowest BCUT2D eigenvalue weighted by atomic mass is 10.3. The molecule has 1 aromatic heterocycles. The topological polar surface area (TPSA) is 91.5 Å². The van der Waals surface area contributed by atoms with Crippen LogP contribution in [0.2, 0.25) is 5.02 Å². The second kappa shape index (κ2) is 7.90. The van der Waals surface area contributed by atoms with Gasteiger partial charge in [-0.2, -0.15) is 4.31 Å². The number of hydrogen-bond acceptors (Lipinski definition) is 4. The Morgan fingerprint density at radius 1 is 1.28 bits per heavy atom. The highest BCUT2D eigenvalue weighted by atomic mass is 35.5. The fraction of sp³-hybridized carbons (Fsp3) is 0.312. The molecule has 0 aliphatic rings. The summed E-state index contributed by atoms with van der Waals surface area (Å²) in [6, 6.07) is 6.13. The van der Waals surface area contributed by atoms with Crippen LogP contribution in [0, 0.1) is 0 Å². The van der Waals surface area contributed by atoms with Crippen LogP contribution in [0.15, 0.2) is 35.4 Å². The first-order chi connectivity index (χ1) is 11.8. The molecule has 1 aromatic carbocycles. The van der Waals surface area contributed by atoms with Crippen molar-refractivity contribution in [3.8, 4) is 5.75 Å². The number of aromatic nitrogens is 1. The zero-order chi connectivity index (χ0) is 18.6. The summed E-state index contributed by atoms with van der Waals surface area (Å²) in [7, 11) is -2.12. The number of nitrogens with zero attached hydrogens (tertiary/aromatic N) is 1. The third-order valence-corrected chi connectivity index (χ3v) is 5.98. The number of halogens is 1. The van der Waals surface area contributed by atoms with Crippen molar-refractivity contribution < 1.29 is 17.9 Å². The van der Waals surface area contributed by atoms with Crippen LogP contribution >= 0.6 is 11.6 Å². The Balaban J connectivity index is 2.19. The van der Waals surface area contributed by atoms with Gasteiger partial charge < -0.3 is 15.0 Å². The van der Waals surface area contributed by atoms with Crippen LogP contribution in [0.5, 0.6) is 5.75 Å². The molecule has 9 heteroatoms. The summed E-state index contributed by atoms with van der Waals surface area (Å²) in [6.07, 6.45) is 1.31.